The van der Waals surface area contributed by atoms with Gasteiger partial charge in [0.25, 0.3) is 0 Å². The highest BCUT2D eigenvalue weighted by atomic mass is 16.5. The summed E-state index contributed by atoms with van der Waals surface area (Å²) in [5.74, 6) is 2.11. The van der Waals surface area contributed by atoms with Crippen LogP contribution in [0, 0.1) is 11.8 Å². The third-order valence-electron chi connectivity index (χ3n) is 5.48. The van der Waals surface area contributed by atoms with E-state index in [2.05, 4.69) is 6.07 Å². The van der Waals surface area contributed by atoms with Gasteiger partial charge in [0.05, 0.1) is 13.2 Å². The van der Waals surface area contributed by atoms with Gasteiger partial charge in [0.1, 0.15) is 11.9 Å². The van der Waals surface area contributed by atoms with Crippen LogP contribution in [0.1, 0.15) is 42.7 Å². The van der Waals surface area contributed by atoms with Gasteiger partial charge in [0, 0.05) is 24.3 Å². The van der Waals surface area contributed by atoms with Gasteiger partial charge in [-0.3, -0.25) is 4.79 Å². The van der Waals surface area contributed by atoms with E-state index in [0.29, 0.717) is 30.6 Å². The van der Waals surface area contributed by atoms with E-state index in [9.17, 15) is 9.90 Å². The van der Waals surface area contributed by atoms with E-state index in [1.54, 1.807) is 0 Å². The third kappa shape index (κ3) is 2.21. The van der Waals surface area contributed by atoms with Crippen molar-refractivity contribution in [2.45, 2.75) is 50.2 Å². The Morgan fingerprint density at radius 3 is 2.95 bits per heavy atom. The van der Waals surface area contributed by atoms with Crippen molar-refractivity contribution in [2.24, 2.45) is 11.8 Å². The second-order valence-electron chi connectivity index (χ2n) is 6.81. The van der Waals surface area contributed by atoms with E-state index in [1.807, 2.05) is 12.1 Å². The highest BCUT2D eigenvalue weighted by Gasteiger charge is 2.54. The summed E-state index contributed by atoms with van der Waals surface area (Å²) >= 11 is 0. The summed E-state index contributed by atoms with van der Waals surface area (Å²) in [5.41, 5.74) is 2.32. The summed E-state index contributed by atoms with van der Waals surface area (Å²) in [4.78, 5) is 11.4. The first-order chi connectivity index (χ1) is 10.7. The molecule has 0 bridgehead atoms. The van der Waals surface area contributed by atoms with Crippen LogP contribution in [0.4, 0.5) is 0 Å². The molecule has 2 saturated carbocycles. The lowest BCUT2D eigenvalue weighted by Gasteiger charge is -2.20. The molecule has 0 radical (unpaired) electrons. The maximum atomic E-state index is 11.4. The Labute approximate surface area is 130 Å². The fourth-order valence-corrected chi connectivity index (χ4v) is 4.34. The van der Waals surface area contributed by atoms with Crippen molar-refractivity contribution in [3.63, 3.8) is 0 Å². The van der Waals surface area contributed by atoms with Crippen molar-refractivity contribution in [3.8, 4) is 5.75 Å². The zero-order valence-electron chi connectivity index (χ0n) is 12.8. The van der Waals surface area contributed by atoms with Gasteiger partial charge in [0.2, 0.25) is 0 Å². The van der Waals surface area contributed by atoms with Crippen LogP contribution in [0.15, 0.2) is 18.2 Å². The molecule has 1 heterocycles. The molecule has 0 spiro atoms. The van der Waals surface area contributed by atoms with Crippen LogP contribution in [-0.2, 0) is 16.0 Å². The van der Waals surface area contributed by atoms with E-state index in [4.69, 9.17) is 9.47 Å². The van der Waals surface area contributed by atoms with Gasteiger partial charge in [0.15, 0.2) is 0 Å². The standard InChI is InChI=1S/C18H22O4/c1-21-15(20)8-7-11-3-2-4-12-17-14(22-18(11)12)9-13(19)16(17)10-5-6-10/h2-4,10,13-14,16-17,19H,5-9H2,1H3/t13-,14+,16+,17+/m1/s1. The van der Waals surface area contributed by atoms with E-state index < -0.39 is 0 Å². The third-order valence-corrected chi connectivity index (χ3v) is 5.48. The van der Waals surface area contributed by atoms with E-state index in [1.165, 1.54) is 25.5 Å². The number of aliphatic hydroxyl groups excluding tert-OH is 1. The summed E-state index contributed by atoms with van der Waals surface area (Å²) in [5, 5.41) is 10.4. The number of esters is 1. The Bertz CT molecular complexity index is 593. The van der Waals surface area contributed by atoms with Gasteiger partial charge in [-0.15, -0.1) is 0 Å². The average molecular weight is 302 g/mol. The molecule has 4 atom stereocenters. The lowest BCUT2D eigenvalue weighted by Crippen LogP contribution is -2.20. The first kappa shape index (κ1) is 14.1. The number of carbonyl (C=O) groups excluding carboxylic acids is 1. The number of methoxy groups -OCH3 is 1. The number of aryl methyl sites for hydroxylation is 1. The van der Waals surface area contributed by atoms with Crippen molar-refractivity contribution in [3.05, 3.63) is 29.3 Å². The molecule has 2 aliphatic carbocycles. The molecule has 118 valence electrons. The average Bonchev–Trinajstić information content (AvgIpc) is 3.21. The Kier molecular flexibility index (Phi) is 3.37. The van der Waals surface area contributed by atoms with Crippen LogP contribution in [0.25, 0.3) is 0 Å². The van der Waals surface area contributed by atoms with Gasteiger partial charge < -0.3 is 14.6 Å². The zero-order chi connectivity index (χ0) is 15.3. The predicted octanol–water partition coefficient (Wildman–Crippen LogP) is 2.43. The molecule has 4 heteroatoms. The second kappa shape index (κ2) is 5.27. The Balaban J connectivity index is 1.61. The van der Waals surface area contributed by atoms with Crippen LogP contribution in [0.5, 0.6) is 5.75 Å². The van der Waals surface area contributed by atoms with Crippen molar-refractivity contribution < 1.29 is 19.4 Å². The SMILES string of the molecule is COC(=O)CCc1cccc2c1O[C@H]1C[C@@H](O)[C@H](C3CC3)[C@@H]21. The fourth-order valence-electron chi connectivity index (χ4n) is 4.34. The van der Waals surface area contributed by atoms with E-state index >= 15 is 0 Å². The zero-order valence-corrected chi connectivity index (χ0v) is 12.8. The van der Waals surface area contributed by atoms with Gasteiger partial charge >= 0.3 is 5.97 Å². The minimum Gasteiger partial charge on any atom is -0.489 e. The molecular weight excluding hydrogens is 280 g/mol. The number of hydrogen-bond donors (Lipinski definition) is 1. The first-order valence-electron chi connectivity index (χ1n) is 8.22. The second-order valence-corrected chi connectivity index (χ2v) is 6.81. The smallest absolute Gasteiger partial charge is 0.305 e. The van der Waals surface area contributed by atoms with E-state index in [-0.39, 0.29) is 18.2 Å². The number of rotatable bonds is 4. The van der Waals surface area contributed by atoms with Crippen LogP contribution < -0.4 is 4.74 Å². The molecule has 22 heavy (non-hydrogen) atoms. The molecule has 0 unspecified atom stereocenters. The number of fused-ring (bicyclic) bond motifs is 3. The molecule has 1 aromatic carbocycles. The number of para-hydroxylation sites is 1. The Hall–Kier alpha value is -1.55. The van der Waals surface area contributed by atoms with Gasteiger partial charge in [-0.05, 0) is 36.7 Å². The molecule has 0 saturated heterocycles. The highest BCUT2D eigenvalue weighted by Crippen LogP contribution is 2.57. The lowest BCUT2D eigenvalue weighted by molar-refractivity contribution is -0.140. The van der Waals surface area contributed by atoms with Crippen LogP contribution >= 0.6 is 0 Å². The van der Waals surface area contributed by atoms with Gasteiger partial charge in [-0.1, -0.05) is 18.2 Å². The monoisotopic (exact) mass is 302 g/mol. The van der Waals surface area contributed by atoms with Crippen LogP contribution in [0.3, 0.4) is 0 Å². The number of benzene rings is 1. The highest BCUT2D eigenvalue weighted by molar-refractivity contribution is 5.69. The topological polar surface area (TPSA) is 55.8 Å². The summed E-state index contributed by atoms with van der Waals surface area (Å²) in [6.45, 7) is 0. The molecule has 1 aliphatic heterocycles. The number of hydrogen-bond acceptors (Lipinski definition) is 4. The van der Waals surface area contributed by atoms with Crippen molar-refractivity contribution in [2.75, 3.05) is 7.11 Å². The molecule has 1 aromatic rings. The fraction of sp³-hybridized carbons (Fsp3) is 0.611. The quantitative estimate of drug-likeness (QED) is 0.868. The van der Waals surface area contributed by atoms with Crippen LogP contribution in [0.2, 0.25) is 0 Å². The lowest BCUT2D eigenvalue weighted by atomic mass is 9.84. The minimum absolute atomic E-state index is 0.106. The Morgan fingerprint density at radius 1 is 1.41 bits per heavy atom. The number of aliphatic hydroxyl groups is 1. The molecule has 0 amide bonds. The molecule has 2 fully saturated rings. The predicted molar refractivity (Wildman–Crippen MR) is 80.8 cm³/mol. The molecule has 3 aliphatic rings. The van der Waals surface area contributed by atoms with Crippen LogP contribution in [-0.4, -0.2) is 30.4 Å². The summed E-state index contributed by atoms with van der Waals surface area (Å²) in [7, 11) is 1.42. The van der Waals surface area contributed by atoms with Crippen molar-refractivity contribution >= 4 is 5.97 Å². The molecule has 0 aromatic heterocycles. The Morgan fingerprint density at radius 2 is 2.23 bits per heavy atom. The molecule has 1 N–H and O–H groups in total. The summed E-state index contributed by atoms with van der Waals surface area (Å²) < 4.78 is 10.9. The van der Waals surface area contributed by atoms with Crippen molar-refractivity contribution in [1.29, 1.82) is 0 Å². The molecule has 4 nitrogen and oxygen atoms in total. The summed E-state index contributed by atoms with van der Waals surface area (Å²) in [6, 6.07) is 6.21. The maximum Gasteiger partial charge on any atom is 0.305 e. The first-order valence-corrected chi connectivity index (χ1v) is 8.22. The minimum atomic E-state index is -0.227. The number of carbonyl (C=O) groups is 1. The van der Waals surface area contributed by atoms with Gasteiger partial charge in [-0.25, -0.2) is 0 Å². The maximum absolute atomic E-state index is 11.4. The molecular formula is C18H22O4. The van der Waals surface area contributed by atoms with Crippen molar-refractivity contribution in [1.82, 2.24) is 0 Å². The molecule has 4 rings (SSSR count). The van der Waals surface area contributed by atoms with E-state index in [0.717, 1.165) is 17.7 Å². The van der Waals surface area contributed by atoms with Gasteiger partial charge in [-0.2, -0.15) is 0 Å². The number of ether oxygens (including phenoxy) is 2. The normalized spacial score (nSPS) is 32.3. The summed E-state index contributed by atoms with van der Waals surface area (Å²) in [6.07, 6.45) is 4.11. The largest absolute Gasteiger partial charge is 0.489 e.